The predicted octanol–water partition coefficient (Wildman–Crippen LogP) is 3.98. The molecule has 0 amide bonds. The van der Waals surface area contributed by atoms with Gasteiger partial charge in [-0.2, -0.15) is 0 Å². The molecule has 0 saturated heterocycles. The standard InChI is InChI=1S/C21H26O6/c22-19-13-14-20(23)27-21(24)17-11-7-8-12-18(17)25-15-9-5-3-1-2-4-6-10-16-26-19/h7-8,11-14H,1-6,9-10,15-16H2/b14-13-. The average molecular weight is 374 g/mol. The molecule has 0 aromatic heterocycles. The van der Waals surface area contributed by atoms with Crippen LogP contribution < -0.4 is 4.74 Å². The second-order valence-corrected chi connectivity index (χ2v) is 6.38. The molecule has 0 aliphatic carbocycles. The fourth-order valence-electron chi connectivity index (χ4n) is 2.75. The number of hydrogen-bond acceptors (Lipinski definition) is 6. The molecule has 1 heterocycles. The van der Waals surface area contributed by atoms with Gasteiger partial charge in [0.2, 0.25) is 0 Å². The minimum Gasteiger partial charge on any atom is -0.493 e. The van der Waals surface area contributed by atoms with E-state index in [9.17, 15) is 14.4 Å². The second kappa shape index (κ2) is 11.9. The Bertz CT molecular complexity index is 664. The largest absolute Gasteiger partial charge is 0.493 e. The molecule has 0 unspecified atom stereocenters. The van der Waals surface area contributed by atoms with E-state index in [4.69, 9.17) is 14.2 Å². The highest BCUT2D eigenvalue weighted by Gasteiger charge is 2.16. The lowest BCUT2D eigenvalue weighted by Gasteiger charge is -2.10. The van der Waals surface area contributed by atoms with E-state index in [0.29, 0.717) is 19.0 Å². The molecule has 0 bridgehead atoms. The van der Waals surface area contributed by atoms with Gasteiger partial charge in [0.1, 0.15) is 11.3 Å². The number of rotatable bonds is 0. The zero-order valence-electron chi connectivity index (χ0n) is 15.5. The van der Waals surface area contributed by atoms with Gasteiger partial charge in [-0.05, 0) is 25.0 Å². The first-order valence-electron chi connectivity index (χ1n) is 9.49. The number of hydrogen-bond donors (Lipinski definition) is 0. The molecular formula is C21H26O6. The van der Waals surface area contributed by atoms with Crippen LogP contribution in [0.25, 0.3) is 0 Å². The van der Waals surface area contributed by atoms with Crippen LogP contribution in [0.5, 0.6) is 5.75 Å². The zero-order chi connectivity index (χ0) is 19.3. The van der Waals surface area contributed by atoms with Gasteiger partial charge in [0, 0.05) is 12.2 Å². The number of cyclic esters (lactones) is 3. The van der Waals surface area contributed by atoms with Gasteiger partial charge in [0.15, 0.2) is 0 Å². The highest BCUT2D eigenvalue weighted by atomic mass is 16.6. The summed E-state index contributed by atoms with van der Waals surface area (Å²) in [5.74, 6) is -1.99. The van der Waals surface area contributed by atoms with E-state index in [2.05, 4.69) is 0 Å². The molecule has 1 aliphatic rings. The van der Waals surface area contributed by atoms with Crippen LogP contribution in [0.15, 0.2) is 36.4 Å². The van der Waals surface area contributed by atoms with Crippen LogP contribution in [0, 0.1) is 0 Å². The van der Waals surface area contributed by atoms with Crippen molar-refractivity contribution in [1.29, 1.82) is 0 Å². The molecule has 27 heavy (non-hydrogen) atoms. The Balaban J connectivity index is 2.01. The summed E-state index contributed by atoms with van der Waals surface area (Å²) in [5.41, 5.74) is 0.177. The first-order chi connectivity index (χ1) is 13.2. The third-order valence-corrected chi connectivity index (χ3v) is 4.20. The highest BCUT2D eigenvalue weighted by Crippen LogP contribution is 2.20. The first kappa shape index (κ1) is 20.7. The number of esters is 3. The summed E-state index contributed by atoms with van der Waals surface area (Å²) in [6, 6.07) is 6.62. The van der Waals surface area contributed by atoms with Crippen LogP contribution in [-0.4, -0.2) is 31.1 Å². The summed E-state index contributed by atoms with van der Waals surface area (Å²) < 4.78 is 15.5. The lowest BCUT2D eigenvalue weighted by Crippen LogP contribution is -2.13. The molecule has 0 atom stereocenters. The predicted molar refractivity (Wildman–Crippen MR) is 99.4 cm³/mol. The summed E-state index contributed by atoms with van der Waals surface area (Å²) in [6.07, 6.45) is 10.2. The molecule has 0 saturated carbocycles. The normalized spacial score (nSPS) is 19.8. The van der Waals surface area contributed by atoms with Gasteiger partial charge in [-0.3, -0.25) is 0 Å². The Hall–Kier alpha value is -2.63. The van der Waals surface area contributed by atoms with Crippen molar-refractivity contribution in [2.24, 2.45) is 0 Å². The highest BCUT2D eigenvalue weighted by molar-refractivity contribution is 6.02. The quantitative estimate of drug-likeness (QED) is 0.505. The number of benzene rings is 1. The zero-order valence-corrected chi connectivity index (χ0v) is 15.5. The van der Waals surface area contributed by atoms with Crippen molar-refractivity contribution in [3.63, 3.8) is 0 Å². The van der Waals surface area contributed by atoms with Crippen molar-refractivity contribution in [2.45, 2.75) is 51.4 Å². The molecule has 146 valence electrons. The lowest BCUT2D eigenvalue weighted by atomic mass is 10.1. The SMILES string of the molecule is O=C1/C=C\C(=O)OC(=O)c2ccccc2OCCCCCCCCCCO1. The summed E-state index contributed by atoms with van der Waals surface area (Å²) in [7, 11) is 0. The van der Waals surface area contributed by atoms with Crippen molar-refractivity contribution in [2.75, 3.05) is 13.2 Å². The second-order valence-electron chi connectivity index (χ2n) is 6.38. The molecule has 6 heteroatoms. The number of fused-ring (bicyclic) bond motifs is 1. The van der Waals surface area contributed by atoms with Gasteiger partial charge >= 0.3 is 17.9 Å². The number of carbonyl (C=O) groups is 3. The molecule has 2 rings (SSSR count). The molecule has 1 aromatic rings. The van der Waals surface area contributed by atoms with E-state index in [1.807, 2.05) is 0 Å². The smallest absolute Gasteiger partial charge is 0.349 e. The number of carbonyl (C=O) groups excluding carboxylic acids is 3. The Morgan fingerprint density at radius 1 is 0.630 bits per heavy atom. The summed E-state index contributed by atoms with van der Waals surface area (Å²) in [4.78, 5) is 35.5. The van der Waals surface area contributed by atoms with Crippen LogP contribution >= 0.6 is 0 Å². The monoisotopic (exact) mass is 374 g/mol. The van der Waals surface area contributed by atoms with E-state index >= 15 is 0 Å². The fraction of sp³-hybridized carbons (Fsp3) is 0.476. The Morgan fingerprint density at radius 2 is 1.19 bits per heavy atom. The third-order valence-electron chi connectivity index (χ3n) is 4.20. The minimum absolute atomic E-state index is 0.177. The summed E-state index contributed by atoms with van der Waals surface area (Å²) >= 11 is 0. The van der Waals surface area contributed by atoms with Crippen molar-refractivity contribution in [3.8, 4) is 5.75 Å². The summed E-state index contributed by atoms with van der Waals surface area (Å²) in [5, 5.41) is 0. The maximum absolute atomic E-state index is 12.2. The Labute approximate surface area is 159 Å². The van der Waals surface area contributed by atoms with E-state index < -0.39 is 17.9 Å². The van der Waals surface area contributed by atoms with Gasteiger partial charge in [-0.25, -0.2) is 14.4 Å². The van der Waals surface area contributed by atoms with E-state index in [-0.39, 0.29) is 5.56 Å². The van der Waals surface area contributed by atoms with Crippen molar-refractivity contribution >= 4 is 17.9 Å². The number of ether oxygens (including phenoxy) is 3. The molecular weight excluding hydrogens is 348 g/mol. The van der Waals surface area contributed by atoms with E-state index in [0.717, 1.165) is 57.1 Å². The van der Waals surface area contributed by atoms with Crippen LogP contribution in [0.1, 0.15) is 61.7 Å². The van der Waals surface area contributed by atoms with Crippen LogP contribution in [-0.2, 0) is 19.1 Å². The van der Waals surface area contributed by atoms with Crippen LogP contribution in [0.2, 0.25) is 0 Å². The molecule has 0 spiro atoms. The third kappa shape index (κ3) is 8.07. The average Bonchev–Trinajstić information content (AvgIpc) is 2.66. The topological polar surface area (TPSA) is 78.9 Å². The first-order valence-corrected chi connectivity index (χ1v) is 9.49. The number of para-hydroxylation sites is 1. The van der Waals surface area contributed by atoms with Gasteiger partial charge < -0.3 is 14.2 Å². The van der Waals surface area contributed by atoms with Gasteiger partial charge in [-0.15, -0.1) is 0 Å². The lowest BCUT2D eigenvalue weighted by molar-refractivity contribution is -0.139. The van der Waals surface area contributed by atoms with Gasteiger partial charge in [0.05, 0.1) is 13.2 Å². The van der Waals surface area contributed by atoms with Crippen molar-refractivity contribution < 1.29 is 28.6 Å². The van der Waals surface area contributed by atoms with Gasteiger partial charge in [-0.1, -0.05) is 50.7 Å². The molecule has 0 radical (unpaired) electrons. The van der Waals surface area contributed by atoms with Crippen LogP contribution in [0.4, 0.5) is 0 Å². The summed E-state index contributed by atoms with van der Waals surface area (Å²) in [6.45, 7) is 0.825. The van der Waals surface area contributed by atoms with Crippen LogP contribution in [0.3, 0.4) is 0 Å². The molecule has 1 aromatic carbocycles. The van der Waals surface area contributed by atoms with E-state index in [1.54, 1.807) is 18.2 Å². The molecule has 1 aliphatic heterocycles. The van der Waals surface area contributed by atoms with Crippen molar-refractivity contribution in [3.05, 3.63) is 42.0 Å². The van der Waals surface area contributed by atoms with Gasteiger partial charge in [0.25, 0.3) is 0 Å². The Kier molecular flexibility index (Phi) is 9.10. The van der Waals surface area contributed by atoms with E-state index in [1.165, 1.54) is 12.5 Å². The Morgan fingerprint density at radius 3 is 1.89 bits per heavy atom. The van der Waals surface area contributed by atoms with Crippen molar-refractivity contribution in [1.82, 2.24) is 0 Å². The minimum atomic E-state index is -0.929. The molecule has 0 fully saturated rings. The maximum Gasteiger partial charge on any atom is 0.349 e. The molecule has 0 N–H and O–H groups in total. The fourth-order valence-corrected chi connectivity index (χ4v) is 2.75. The molecule has 6 nitrogen and oxygen atoms in total. The maximum atomic E-state index is 12.2.